The number of aliphatic imine (C=N–C) groups is 1. The van der Waals surface area contributed by atoms with Gasteiger partial charge in [-0.2, -0.15) is 0 Å². The van der Waals surface area contributed by atoms with E-state index in [1.807, 2.05) is 64.9 Å². The van der Waals surface area contributed by atoms with Crippen LogP contribution in [0.3, 0.4) is 0 Å². The summed E-state index contributed by atoms with van der Waals surface area (Å²) in [5, 5.41) is 11.5. The summed E-state index contributed by atoms with van der Waals surface area (Å²) in [5.74, 6) is -2.50. The number of carbonyl (C=O) groups excluding carboxylic acids is 2. The molecule has 4 aliphatic rings. The molecule has 3 saturated heterocycles. The summed E-state index contributed by atoms with van der Waals surface area (Å²) in [7, 11) is 7.08. The molecule has 280 valence electrons. The molecule has 0 aliphatic carbocycles. The number of benzene rings is 1. The number of aliphatic hydroxyl groups excluding tert-OH is 1. The summed E-state index contributed by atoms with van der Waals surface area (Å²) in [6, 6.07) is 5.39. The zero-order valence-corrected chi connectivity index (χ0v) is 32.0. The predicted octanol–water partition coefficient (Wildman–Crippen LogP) is 4.76. The van der Waals surface area contributed by atoms with Gasteiger partial charge in [-0.1, -0.05) is 27.7 Å². The lowest BCUT2D eigenvalue weighted by molar-refractivity contribution is -0.295. The van der Waals surface area contributed by atoms with Gasteiger partial charge in [0.05, 0.1) is 42.3 Å². The van der Waals surface area contributed by atoms with Crippen LogP contribution in [0.2, 0.25) is 0 Å². The van der Waals surface area contributed by atoms with Crippen molar-refractivity contribution in [3.05, 3.63) is 18.2 Å². The van der Waals surface area contributed by atoms with Crippen molar-refractivity contribution in [2.75, 3.05) is 39.9 Å². The Morgan fingerprint density at radius 1 is 1.08 bits per heavy atom. The van der Waals surface area contributed by atoms with Crippen molar-refractivity contribution < 1.29 is 43.1 Å². The Labute approximate surface area is 297 Å². The highest BCUT2D eigenvalue weighted by Crippen LogP contribution is 2.49. The van der Waals surface area contributed by atoms with Gasteiger partial charge in [-0.3, -0.25) is 14.6 Å². The molecule has 50 heavy (non-hydrogen) atoms. The van der Waals surface area contributed by atoms with Gasteiger partial charge in [0.25, 0.3) is 0 Å². The number of anilines is 1. The van der Waals surface area contributed by atoms with Crippen molar-refractivity contribution in [2.24, 2.45) is 28.7 Å². The number of ketones is 1. The van der Waals surface area contributed by atoms with Gasteiger partial charge in [0.15, 0.2) is 12.1 Å². The van der Waals surface area contributed by atoms with Crippen LogP contribution < -0.4 is 9.64 Å². The second kappa shape index (κ2) is 14.8. The molecule has 13 atom stereocenters. The van der Waals surface area contributed by atoms with E-state index in [1.165, 1.54) is 0 Å². The van der Waals surface area contributed by atoms with Crippen molar-refractivity contribution in [3.63, 3.8) is 0 Å². The summed E-state index contributed by atoms with van der Waals surface area (Å²) in [6.45, 7) is 15.8. The van der Waals surface area contributed by atoms with Crippen LogP contribution in [0.25, 0.3) is 0 Å². The first-order valence-corrected chi connectivity index (χ1v) is 18.1. The lowest BCUT2D eigenvalue weighted by Crippen LogP contribution is -2.60. The Kier molecular flexibility index (Phi) is 11.4. The van der Waals surface area contributed by atoms with E-state index in [1.54, 1.807) is 28.1 Å². The van der Waals surface area contributed by atoms with Gasteiger partial charge in [0, 0.05) is 36.8 Å². The first kappa shape index (κ1) is 38.6. The minimum atomic E-state index is -1.09. The monoisotopic (exact) mass is 701 g/mol. The number of nitrogens with zero attached hydrogens (tertiary/aromatic N) is 3. The van der Waals surface area contributed by atoms with Gasteiger partial charge in [-0.25, -0.2) is 0 Å². The first-order chi connectivity index (χ1) is 23.5. The van der Waals surface area contributed by atoms with E-state index >= 15 is 0 Å². The van der Waals surface area contributed by atoms with Crippen LogP contribution in [-0.2, 0) is 33.3 Å². The number of fused-ring (bicyclic) bond motifs is 3. The minimum absolute atomic E-state index is 0.145. The lowest BCUT2D eigenvalue weighted by Gasteiger charge is -2.47. The van der Waals surface area contributed by atoms with E-state index in [4.69, 9.17) is 33.4 Å². The second-order valence-corrected chi connectivity index (χ2v) is 15.5. The molecule has 1 aromatic rings. The molecule has 5 rings (SSSR count). The number of esters is 1. The molecule has 0 radical (unpaired) electrons. The topological polar surface area (TPSA) is 129 Å². The van der Waals surface area contributed by atoms with E-state index in [-0.39, 0.29) is 42.5 Å². The molecular formula is C38H59N3O9. The van der Waals surface area contributed by atoms with Gasteiger partial charge in [0.2, 0.25) is 0 Å². The van der Waals surface area contributed by atoms with Gasteiger partial charge >= 0.3 is 5.97 Å². The number of aliphatic hydroxyl groups is 1. The molecule has 1 aromatic carbocycles. The summed E-state index contributed by atoms with van der Waals surface area (Å²) in [4.78, 5) is 37.8. The third-order valence-corrected chi connectivity index (χ3v) is 11.9. The maximum absolute atomic E-state index is 14.3. The van der Waals surface area contributed by atoms with Crippen LogP contribution in [0.1, 0.15) is 74.7 Å². The molecule has 3 fully saturated rings. The molecule has 0 spiro atoms. The van der Waals surface area contributed by atoms with E-state index in [0.29, 0.717) is 25.0 Å². The van der Waals surface area contributed by atoms with Crippen molar-refractivity contribution >= 4 is 28.8 Å². The predicted molar refractivity (Wildman–Crippen MR) is 190 cm³/mol. The third kappa shape index (κ3) is 6.84. The Balaban J connectivity index is 1.66. The van der Waals surface area contributed by atoms with E-state index in [9.17, 15) is 14.7 Å². The smallest absolute Gasteiger partial charge is 0.316 e. The average Bonchev–Trinajstić information content (AvgIpc) is 3.38. The first-order valence-electron chi connectivity index (χ1n) is 18.1. The third-order valence-electron chi connectivity index (χ3n) is 11.9. The van der Waals surface area contributed by atoms with Crippen molar-refractivity contribution in [1.29, 1.82) is 0 Å². The maximum Gasteiger partial charge on any atom is 0.316 e. The molecular weight excluding hydrogens is 642 g/mol. The number of methoxy groups -OCH3 is 2. The van der Waals surface area contributed by atoms with Gasteiger partial charge in [-0.05, 0) is 79.1 Å². The number of carbonyl (C=O) groups is 2. The van der Waals surface area contributed by atoms with Crippen LogP contribution in [0.4, 0.5) is 11.4 Å². The summed E-state index contributed by atoms with van der Waals surface area (Å²) >= 11 is 0. The van der Waals surface area contributed by atoms with Crippen LogP contribution in [0.5, 0.6) is 5.75 Å². The fourth-order valence-corrected chi connectivity index (χ4v) is 9.00. The van der Waals surface area contributed by atoms with E-state index in [2.05, 4.69) is 18.7 Å². The lowest BCUT2D eigenvalue weighted by atomic mass is 9.73. The fourth-order valence-electron chi connectivity index (χ4n) is 9.00. The van der Waals surface area contributed by atoms with Gasteiger partial charge in [-0.15, -0.1) is 0 Å². The number of hydrogen-bond acceptors (Lipinski definition) is 12. The highest BCUT2D eigenvalue weighted by Gasteiger charge is 2.57. The van der Waals surface area contributed by atoms with Crippen molar-refractivity contribution in [3.8, 4) is 5.75 Å². The number of rotatable bonds is 6. The molecule has 0 saturated carbocycles. The molecule has 1 N–H and O–H groups in total. The highest BCUT2D eigenvalue weighted by molar-refractivity contribution is 6.00. The van der Waals surface area contributed by atoms with Gasteiger partial charge in [0.1, 0.15) is 36.2 Å². The largest absolute Gasteiger partial charge is 0.497 e. The Morgan fingerprint density at radius 2 is 1.78 bits per heavy atom. The Bertz CT molecular complexity index is 1440. The molecule has 0 unspecified atom stereocenters. The van der Waals surface area contributed by atoms with Crippen LogP contribution in [0.15, 0.2) is 23.2 Å². The standard InChI is InChI=1S/C38H59N3O9/c1-13-29-38(8)33-22(4)30(39-26-17-25(45-11)14-15-27(26)41(33)19-47-38)20(2)18-37(7,46-12)34(23(5)31(42)24(6)35(44)49-29)50-36-32(43)28(40(9)10)16-21(3)48-36/h14-15,17,20-24,28-29,32-34,36,43H,13,16,18-19H2,1-12H3/t20-,21-,22+,23+,24-,28+,29-,32-,33-,34-,36+,37+,38-/m1/s1. The number of Topliss-reactive ketones (excluding diaryl/α,β-unsaturated/α-hetero) is 1. The van der Waals surface area contributed by atoms with E-state index < -0.39 is 53.6 Å². The van der Waals surface area contributed by atoms with Crippen molar-refractivity contribution in [1.82, 2.24) is 4.90 Å². The maximum atomic E-state index is 14.3. The van der Waals surface area contributed by atoms with Crippen molar-refractivity contribution in [2.45, 2.75) is 129 Å². The number of likely N-dealkylation sites (N-methyl/N-ethyl adjacent to an activating group) is 1. The molecule has 0 aromatic heterocycles. The second-order valence-electron chi connectivity index (χ2n) is 15.5. The number of ether oxygens (including phenoxy) is 6. The summed E-state index contributed by atoms with van der Waals surface area (Å²) in [6.07, 6.45) is -2.21. The normalized spacial score (nSPS) is 41.2. The molecule has 12 nitrogen and oxygen atoms in total. The van der Waals surface area contributed by atoms with Crippen LogP contribution in [0, 0.1) is 23.7 Å². The molecule has 4 aliphatic heterocycles. The highest BCUT2D eigenvalue weighted by atomic mass is 16.7. The Hall–Kier alpha value is -2.61. The summed E-state index contributed by atoms with van der Waals surface area (Å²) < 4.78 is 37.8. The molecule has 4 heterocycles. The number of hydrogen-bond donors (Lipinski definition) is 1. The minimum Gasteiger partial charge on any atom is -0.497 e. The zero-order valence-electron chi connectivity index (χ0n) is 32.0. The SMILES string of the molecule is CC[C@H]1OC(=O)[C@H](C)C(=O)[C@H](C)[C@@H](O[C@@H]2O[C@H](C)C[C@H](N(C)C)[C@H]2O)[C@@](C)(OC)C[C@@H](C)C2=Nc3cc(OC)ccc3N3CO[C@@]1(C)[C@H]3[C@H]2C. The Morgan fingerprint density at radius 3 is 2.40 bits per heavy atom. The molecule has 0 amide bonds. The fraction of sp³-hybridized carbons (Fsp3) is 0.763. The average molecular weight is 702 g/mol. The quantitative estimate of drug-likeness (QED) is 0.326. The number of cyclic esters (lactones) is 1. The zero-order chi connectivity index (χ0) is 36.9. The molecule has 2 bridgehead atoms. The van der Waals surface area contributed by atoms with Crippen LogP contribution in [-0.4, -0.2) is 117 Å². The van der Waals surface area contributed by atoms with Gasteiger partial charge < -0.3 is 43.3 Å². The van der Waals surface area contributed by atoms with E-state index in [0.717, 1.165) is 17.1 Å². The molecule has 12 heteroatoms. The van der Waals surface area contributed by atoms with Crippen LogP contribution >= 0.6 is 0 Å². The summed E-state index contributed by atoms with van der Waals surface area (Å²) in [5.41, 5.74) is 0.599.